The van der Waals surface area contributed by atoms with Gasteiger partial charge in [0.15, 0.2) is 16.3 Å². The van der Waals surface area contributed by atoms with Gasteiger partial charge in [-0.1, -0.05) is 6.07 Å². The van der Waals surface area contributed by atoms with Crippen LogP contribution in [0.2, 0.25) is 0 Å². The van der Waals surface area contributed by atoms with Gasteiger partial charge in [0.1, 0.15) is 0 Å². The van der Waals surface area contributed by atoms with Crippen LogP contribution in [-0.4, -0.2) is 26.4 Å². The molecular weight excluding hydrogens is 129 g/mol. The highest BCUT2D eigenvalue weighted by molar-refractivity contribution is 6.33. The van der Waals surface area contributed by atoms with E-state index in [1.165, 1.54) is 0 Å². The highest BCUT2D eigenvalue weighted by Crippen LogP contribution is 1.88. The second-order valence-electron chi connectivity index (χ2n) is 1.73. The SMILES string of the molecule is OCc1cncc[c]1[Al]. The van der Waals surface area contributed by atoms with Crippen molar-refractivity contribution in [1.29, 1.82) is 0 Å². The van der Waals surface area contributed by atoms with Crippen molar-refractivity contribution in [2.24, 2.45) is 0 Å². The number of nitrogens with zero attached hydrogens (tertiary/aromatic N) is 1. The third-order valence-electron chi connectivity index (χ3n) is 1.11. The fourth-order valence-electron chi connectivity index (χ4n) is 0.570. The number of rotatable bonds is 1. The summed E-state index contributed by atoms with van der Waals surface area (Å²) in [5.41, 5.74) is 0.863. The van der Waals surface area contributed by atoms with Crippen molar-refractivity contribution in [3.63, 3.8) is 0 Å². The van der Waals surface area contributed by atoms with Gasteiger partial charge in [0.2, 0.25) is 0 Å². The molecule has 1 heterocycles. The van der Waals surface area contributed by atoms with E-state index in [1.54, 1.807) is 12.4 Å². The molecule has 1 aromatic rings. The Balaban J connectivity index is 3.01. The molecule has 0 unspecified atom stereocenters. The van der Waals surface area contributed by atoms with Gasteiger partial charge in [0.05, 0.1) is 6.61 Å². The van der Waals surface area contributed by atoms with Gasteiger partial charge in [0.25, 0.3) is 0 Å². The molecule has 44 valence electrons. The molecule has 0 aliphatic rings. The second-order valence-corrected chi connectivity index (χ2v) is 2.35. The molecule has 9 heavy (non-hydrogen) atoms. The lowest BCUT2D eigenvalue weighted by atomic mass is 10.3. The molecular formula is C6H6AlNO. The lowest BCUT2D eigenvalue weighted by Crippen LogP contribution is -2.09. The summed E-state index contributed by atoms with van der Waals surface area (Å²) in [6.45, 7) is 0.0622. The highest BCUT2D eigenvalue weighted by atomic mass is 27.0. The summed E-state index contributed by atoms with van der Waals surface area (Å²) in [5.74, 6) is 0. The number of hydrogen-bond donors (Lipinski definition) is 1. The van der Waals surface area contributed by atoms with Crippen LogP contribution in [0.3, 0.4) is 0 Å². The Kier molecular flexibility index (Phi) is 2.24. The van der Waals surface area contributed by atoms with E-state index < -0.39 is 0 Å². The second kappa shape index (κ2) is 2.98. The molecule has 2 nitrogen and oxygen atoms in total. The maximum absolute atomic E-state index is 8.67. The zero-order valence-electron chi connectivity index (χ0n) is 4.91. The Bertz CT molecular complexity index is 202. The number of aromatic nitrogens is 1. The van der Waals surface area contributed by atoms with Crippen molar-refractivity contribution in [1.82, 2.24) is 4.98 Å². The van der Waals surface area contributed by atoms with E-state index in [1.807, 2.05) is 6.07 Å². The quantitative estimate of drug-likeness (QED) is 0.520. The molecule has 1 aromatic heterocycles. The normalized spacial score (nSPS) is 9.44. The third-order valence-corrected chi connectivity index (χ3v) is 1.67. The molecule has 0 fully saturated rings. The molecule has 0 amide bonds. The third kappa shape index (κ3) is 1.52. The zero-order chi connectivity index (χ0) is 6.69. The molecule has 3 heteroatoms. The van der Waals surface area contributed by atoms with Crippen molar-refractivity contribution >= 4 is 20.7 Å². The molecule has 0 aliphatic heterocycles. The van der Waals surface area contributed by atoms with Crippen molar-refractivity contribution in [2.75, 3.05) is 0 Å². The monoisotopic (exact) mass is 135 g/mol. The van der Waals surface area contributed by atoms with E-state index in [-0.39, 0.29) is 6.61 Å². The van der Waals surface area contributed by atoms with Crippen LogP contribution in [0.5, 0.6) is 0 Å². The Hall–Kier alpha value is -0.358. The maximum Gasteiger partial charge on any atom is 0.176 e. The summed E-state index contributed by atoms with van der Waals surface area (Å²) >= 11 is 2.53. The summed E-state index contributed by atoms with van der Waals surface area (Å²) in [4.78, 5) is 3.84. The molecule has 0 saturated heterocycles. The Morgan fingerprint density at radius 3 is 2.89 bits per heavy atom. The van der Waals surface area contributed by atoms with E-state index in [4.69, 9.17) is 5.11 Å². The van der Waals surface area contributed by atoms with Crippen LogP contribution in [0.1, 0.15) is 5.56 Å². The van der Waals surface area contributed by atoms with Crippen LogP contribution in [0.25, 0.3) is 0 Å². The van der Waals surface area contributed by atoms with Crippen molar-refractivity contribution in [3.8, 4) is 0 Å². The van der Waals surface area contributed by atoms with Crippen LogP contribution in [0, 0.1) is 0 Å². The Morgan fingerprint density at radius 1 is 1.67 bits per heavy atom. The average molecular weight is 135 g/mol. The first-order chi connectivity index (χ1) is 4.34. The lowest BCUT2D eigenvalue weighted by Gasteiger charge is -1.98. The number of aliphatic hydroxyl groups excluding tert-OH is 1. The summed E-state index contributed by atoms with van der Waals surface area (Å²) in [5, 5.41) is 8.67. The predicted molar refractivity (Wildman–Crippen MR) is 35.5 cm³/mol. The van der Waals surface area contributed by atoms with E-state index in [9.17, 15) is 0 Å². The minimum absolute atomic E-state index is 0.0622. The lowest BCUT2D eigenvalue weighted by molar-refractivity contribution is 0.282. The minimum atomic E-state index is 0.0622. The largest absolute Gasteiger partial charge is 0.392 e. The highest BCUT2D eigenvalue weighted by Gasteiger charge is 1.90. The smallest absolute Gasteiger partial charge is 0.176 e. The first-order valence-electron chi connectivity index (χ1n) is 2.64. The maximum atomic E-state index is 8.67. The van der Waals surface area contributed by atoms with Crippen LogP contribution in [0.15, 0.2) is 18.5 Å². The molecule has 0 bridgehead atoms. The Morgan fingerprint density at radius 2 is 2.44 bits per heavy atom. The number of hydrogen-bond acceptors (Lipinski definition) is 2. The molecule has 2 radical (unpaired) electrons. The summed E-state index contributed by atoms with van der Waals surface area (Å²) < 4.78 is 1.01. The molecule has 0 aliphatic carbocycles. The van der Waals surface area contributed by atoms with Gasteiger partial charge in [-0.2, -0.15) is 0 Å². The fraction of sp³-hybridized carbons (Fsp3) is 0.167. The Labute approximate surface area is 62.0 Å². The zero-order valence-corrected chi connectivity index (χ0v) is 6.07. The van der Waals surface area contributed by atoms with Gasteiger partial charge in [-0.3, -0.25) is 4.98 Å². The van der Waals surface area contributed by atoms with Gasteiger partial charge in [0, 0.05) is 12.4 Å². The van der Waals surface area contributed by atoms with Crippen molar-refractivity contribution in [3.05, 3.63) is 24.0 Å². The molecule has 0 saturated carbocycles. The number of pyridine rings is 1. The van der Waals surface area contributed by atoms with E-state index in [0.29, 0.717) is 0 Å². The van der Waals surface area contributed by atoms with Crippen LogP contribution in [0.4, 0.5) is 0 Å². The average Bonchev–Trinajstić information content (AvgIpc) is 1.89. The van der Waals surface area contributed by atoms with Crippen LogP contribution >= 0.6 is 0 Å². The molecule has 0 spiro atoms. The topological polar surface area (TPSA) is 33.1 Å². The van der Waals surface area contributed by atoms with Crippen LogP contribution < -0.4 is 4.43 Å². The van der Waals surface area contributed by atoms with Crippen molar-refractivity contribution < 1.29 is 5.11 Å². The summed E-state index contributed by atoms with van der Waals surface area (Å²) in [7, 11) is 0. The first-order valence-corrected chi connectivity index (χ1v) is 3.21. The van der Waals surface area contributed by atoms with E-state index in [0.717, 1.165) is 9.99 Å². The standard InChI is InChI=1S/C6H6NO.Al/c8-5-6-2-1-3-7-4-6;/h1,3-4,8H,5H2;. The van der Waals surface area contributed by atoms with Gasteiger partial charge < -0.3 is 5.11 Å². The van der Waals surface area contributed by atoms with E-state index in [2.05, 4.69) is 21.3 Å². The first kappa shape index (κ1) is 6.76. The molecule has 1 N–H and O–H groups in total. The fourth-order valence-corrected chi connectivity index (χ4v) is 0.822. The van der Waals surface area contributed by atoms with Crippen molar-refractivity contribution in [2.45, 2.75) is 6.61 Å². The molecule has 1 rings (SSSR count). The summed E-state index contributed by atoms with van der Waals surface area (Å²) in [6.07, 6.45) is 3.35. The van der Waals surface area contributed by atoms with Gasteiger partial charge in [-0.05, 0) is 5.56 Å². The minimum Gasteiger partial charge on any atom is -0.392 e. The molecule has 0 atom stereocenters. The van der Waals surface area contributed by atoms with Gasteiger partial charge in [-0.15, -0.1) is 4.43 Å². The van der Waals surface area contributed by atoms with E-state index >= 15 is 0 Å². The number of aliphatic hydroxyl groups is 1. The molecule has 0 aromatic carbocycles. The van der Waals surface area contributed by atoms with Gasteiger partial charge in [-0.25, -0.2) is 0 Å². The predicted octanol–water partition coefficient (Wildman–Crippen LogP) is -0.632. The summed E-state index contributed by atoms with van der Waals surface area (Å²) in [6, 6.07) is 1.84. The van der Waals surface area contributed by atoms with Crippen LogP contribution in [-0.2, 0) is 6.61 Å². The van der Waals surface area contributed by atoms with Gasteiger partial charge >= 0.3 is 0 Å².